The summed E-state index contributed by atoms with van der Waals surface area (Å²) in [6.45, 7) is 3.65. The Balaban J connectivity index is 0.00000288. The van der Waals surface area contributed by atoms with Crippen LogP contribution in [0.5, 0.6) is 0 Å². The summed E-state index contributed by atoms with van der Waals surface area (Å²) in [6, 6.07) is 6.05. The Hall–Kier alpha value is -2.05. The van der Waals surface area contributed by atoms with E-state index in [9.17, 15) is 14.7 Å². The highest BCUT2D eigenvalue weighted by atomic mass is 35.5. The van der Waals surface area contributed by atoms with Crippen LogP contribution in [0, 0.1) is 5.92 Å². The fraction of sp³-hybridized carbons (Fsp3) is 0.412. The van der Waals surface area contributed by atoms with Crippen LogP contribution >= 0.6 is 12.4 Å². The summed E-state index contributed by atoms with van der Waals surface area (Å²) in [7, 11) is 1.91. The molecule has 2 aromatic rings. The predicted molar refractivity (Wildman–Crippen MR) is 96.3 cm³/mol. The molecule has 1 amide bonds. The van der Waals surface area contributed by atoms with Crippen molar-refractivity contribution in [1.29, 1.82) is 0 Å². The molecule has 0 saturated heterocycles. The second-order valence-electron chi connectivity index (χ2n) is 6.16. The lowest BCUT2D eigenvalue weighted by Gasteiger charge is -2.19. The molecule has 0 fully saturated rings. The minimum Gasteiger partial charge on any atom is -0.480 e. The number of rotatable bonds is 6. The molecule has 0 aliphatic heterocycles. The molecule has 0 spiro atoms. The molecular weight excluding hydrogens is 330 g/mol. The van der Waals surface area contributed by atoms with Gasteiger partial charge in [0.05, 0.1) is 6.04 Å². The van der Waals surface area contributed by atoms with Gasteiger partial charge >= 0.3 is 5.97 Å². The summed E-state index contributed by atoms with van der Waals surface area (Å²) in [5.41, 5.74) is 7.70. The number of carbonyl (C=O) groups excluding carboxylic acids is 1. The minimum absolute atomic E-state index is 0. The van der Waals surface area contributed by atoms with Crippen molar-refractivity contribution < 1.29 is 14.7 Å². The van der Waals surface area contributed by atoms with E-state index in [1.165, 1.54) is 0 Å². The Morgan fingerprint density at radius 2 is 1.92 bits per heavy atom. The van der Waals surface area contributed by atoms with E-state index in [0.717, 1.165) is 16.5 Å². The van der Waals surface area contributed by atoms with Crippen LogP contribution in [0.25, 0.3) is 10.9 Å². The van der Waals surface area contributed by atoms with Crippen molar-refractivity contribution in [2.75, 3.05) is 0 Å². The van der Waals surface area contributed by atoms with E-state index in [1.54, 1.807) is 0 Å². The molecule has 2 rings (SSSR count). The molecule has 0 bridgehead atoms. The summed E-state index contributed by atoms with van der Waals surface area (Å²) in [5, 5.41) is 13.0. The van der Waals surface area contributed by atoms with Gasteiger partial charge in [-0.25, -0.2) is 4.79 Å². The molecule has 0 unspecified atom stereocenters. The number of hydrogen-bond donors (Lipinski definition) is 3. The number of fused-ring (bicyclic) bond motifs is 1. The molecule has 0 saturated carbocycles. The van der Waals surface area contributed by atoms with Gasteiger partial charge in [0.2, 0.25) is 5.91 Å². The van der Waals surface area contributed by atoms with Gasteiger partial charge in [-0.15, -0.1) is 12.4 Å². The van der Waals surface area contributed by atoms with Gasteiger partial charge in [0.25, 0.3) is 0 Å². The Morgan fingerprint density at radius 1 is 1.29 bits per heavy atom. The number of aromatic nitrogens is 1. The first-order valence-corrected chi connectivity index (χ1v) is 7.63. The maximum atomic E-state index is 12.1. The van der Waals surface area contributed by atoms with Crippen molar-refractivity contribution in [3.8, 4) is 0 Å². The number of para-hydroxylation sites is 1. The Labute approximate surface area is 147 Å². The van der Waals surface area contributed by atoms with Gasteiger partial charge in [-0.2, -0.15) is 0 Å². The van der Waals surface area contributed by atoms with E-state index in [1.807, 2.05) is 55.9 Å². The van der Waals surface area contributed by atoms with Gasteiger partial charge in [-0.1, -0.05) is 32.0 Å². The Bertz CT molecular complexity index is 727. The lowest BCUT2D eigenvalue weighted by Crippen LogP contribution is -2.51. The molecule has 132 valence electrons. The summed E-state index contributed by atoms with van der Waals surface area (Å²) >= 11 is 0. The first-order valence-electron chi connectivity index (χ1n) is 7.63. The maximum Gasteiger partial charge on any atom is 0.326 e. The molecule has 1 heterocycles. The number of aliphatic carboxylic acids is 1. The number of halogens is 1. The van der Waals surface area contributed by atoms with Crippen LogP contribution in [0.2, 0.25) is 0 Å². The van der Waals surface area contributed by atoms with Crippen molar-refractivity contribution in [1.82, 2.24) is 9.88 Å². The largest absolute Gasteiger partial charge is 0.480 e. The van der Waals surface area contributed by atoms with E-state index >= 15 is 0 Å². The van der Waals surface area contributed by atoms with Crippen molar-refractivity contribution >= 4 is 35.2 Å². The molecule has 2 atom stereocenters. The molecule has 0 aliphatic rings. The Kier molecular flexibility index (Phi) is 6.81. The molecule has 6 nitrogen and oxygen atoms in total. The monoisotopic (exact) mass is 353 g/mol. The molecule has 7 heteroatoms. The molecule has 1 aromatic carbocycles. The van der Waals surface area contributed by atoms with E-state index in [-0.39, 0.29) is 24.7 Å². The standard InChI is InChI=1S/C17H23N3O3.ClH/c1-10(2)15(18)16(21)19-13(17(22)23)8-11-9-20(3)14-7-5-4-6-12(11)14;/h4-7,9-10,13,15H,8,18H2,1-3H3,(H,19,21)(H,22,23);1H/t13-,15+;/m1./s1. The predicted octanol–water partition coefficient (Wildman–Crippen LogP) is 1.70. The number of nitrogens with two attached hydrogens (primary N) is 1. The van der Waals surface area contributed by atoms with Gasteiger partial charge in [0.1, 0.15) is 6.04 Å². The van der Waals surface area contributed by atoms with E-state index in [4.69, 9.17) is 5.73 Å². The van der Waals surface area contributed by atoms with Crippen LogP contribution in [0.15, 0.2) is 30.5 Å². The van der Waals surface area contributed by atoms with Gasteiger partial charge in [0.15, 0.2) is 0 Å². The number of nitrogens with one attached hydrogen (secondary N) is 1. The minimum atomic E-state index is -1.07. The number of carboxylic acid groups (broad SMARTS) is 1. The zero-order valence-corrected chi connectivity index (χ0v) is 14.8. The average molecular weight is 354 g/mol. The number of carbonyl (C=O) groups is 2. The van der Waals surface area contributed by atoms with Crippen molar-refractivity contribution in [2.45, 2.75) is 32.4 Å². The van der Waals surface area contributed by atoms with Gasteiger partial charge < -0.3 is 20.7 Å². The summed E-state index contributed by atoms with van der Waals surface area (Å²) < 4.78 is 1.95. The number of nitrogens with zero attached hydrogens (tertiary/aromatic N) is 1. The number of amides is 1. The number of aryl methyl sites for hydroxylation is 1. The third kappa shape index (κ3) is 4.27. The van der Waals surface area contributed by atoms with Crippen molar-refractivity contribution in [2.24, 2.45) is 18.7 Å². The van der Waals surface area contributed by atoms with E-state index < -0.39 is 24.0 Å². The normalized spacial score (nSPS) is 13.4. The summed E-state index contributed by atoms with van der Waals surface area (Å²) in [4.78, 5) is 23.6. The van der Waals surface area contributed by atoms with Crippen LogP contribution in [0.4, 0.5) is 0 Å². The van der Waals surface area contributed by atoms with Crippen LogP contribution in [-0.2, 0) is 23.1 Å². The van der Waals surface area contributed by atoms with Crippen LogP contribution < -0.4 is 11.1 Å². The molecule has 4 N–H and O–H groups in total. The molecule has 1 aromatic heterocycles. The van der Waals surface area contributed by atoms with Crippen LogP contribution in [0.3, 0.4) is 0 Å². The lowest BCUT2D eigenvalue weighted by atomic mass is 10.0. The second kappa shape index (κ2) is 8.17. The average Bonchev–Trinajstić information content (AvgIpc) is 2.82. The van der Waals surface area contributed by atoms with Gasteiger partial charge in [-0.3, -0.25) is 4.79 Å². The quantitative estimate of drug-likeness (QED) is 0.736. The first-order chi connectivity index (χ1) is 10.8. The third-order valence-electron chi connectivity index (χ3n) is 4.04. The molecule has 0 radical (unpaired) electrons. The smallest absolute Gasteiger partial charge is 0.326 e. The fourth-order valence-corrected chi connectivity index (χ4v) is 2.58. The Morgan fingerprint density at radius 3 is 2.50 bits per heavy atom. The lowest BCUT2D eigenvalue weighted by molar-refractivity contribution is -0.142. The highest BCUT2D eigenvalue weighted by molar-refractivity contribution is 5.88. The summed E-state index contributed by atoms with van der Waals surface area (Å²) in [5.74, 6) is -1.56. The van der Waals surface area contributed by atoms with Crippen molar-refractivity contribution in [3.05, 3.63) is 36.0 Å². The van der Waals surface area contributed by atoms with Crippen LogP contribution in [0.1, 0.15) is 19.4 Å². The van der Waals surface area contributed by atoms with Gasteiger partial charge in [0, 0.05) is 30.6 Å². The highest BCUT2D eigenvalue weighted by Gasteiger charge is 2.26. The molecule has 0 aliphatic carbocycles. The zero-order chi connectivity index (χ0) is 17.1. The topological polar surface area (TPSA) is 97.4 Å². The number of hydrogen-bond acceptors (Lipinski definition) is 3. The maximum absolute atomic E-state index is 12.1. The fourth-order valence-electron chi connectivity index (χ4n) is 2.58. The van der Waals surface area contributed by atoms with E-state index in [2.05, 4.69) is 5.32 Å². The molecular formula is C17H24ClN3O3. The molecule has 24 heavy (non-hydrogen) atoms. The highest BCUT2D eigenvalue weighted by Crippen LogP contribution is 2.21. The first kappa shape index (κ1) is 20.0. The SMILES string of the molecule is CC(C)[C@H](N)C(=O)N[C@H](Cc1cn(C)c2ccccc12)C(=O)O.Cl. The second-order valence-corrected chi connectivity index (χ2v) is 6.16. The zero-order valence-electron chi connectivity index (χ0n) is 14.0. The van der Waals surface area contributed by atoms with Crippen molar-refractivity contribution in [3.63, 3.8) is 0 Å². The number of benzene rings is 1. The van der Waals surface area contributed by atoms with Crippen LogP contribution in [-0.4, -0.2) is 33.6 Å². The third-order valence-corrected chi connectivity index (χ3v) is 4.04. The summed E-state index contributed by atoms with van der Waals surface area (Å²) in [6.07, 6.45) is 2.11. The number of carboxylic acids is 1. The van der Waals surface area contributed by atoms with E-state index in [0.29, 0.717) is 0 Å². The van der Waals surface area contributed by atoms with Gasteiger partial charge in [-0.05, 0) is 17.5 Å².